The van der Waals surface area contributed by atoms with Gasteiger partial charge in [-0.1, -0.05) is 49.4 Å². The fraction of sp³-hybridized carbons (Fsp3) is 0.316. The molecule has 0 saturated carbocycles. The largest absolute Gasteiger partial charge is 0.497 e. The Bertz CT molecular complexity index is 632. The molecule has 1 amide bonds. The molecule has 0 radical (unpaired) electrons. The van der Waals surface area contributed by atoms with Gasteiger partial charge in [0.25, 0.3) is 0 Å². The fourth-order valence-corrected chi connectivity index (χ4v) is 2.55. The third kappa shape index (κ3) is 4.98. The Morgan fingerprint density at radius 1 is 1.12 bits per heavy atom. The van der Waals surface area contributed by atoms with Crippen LogP contribution < -0.4 is 10.5 Å². The van der Waals surface area contributed by atoms with E-state index in [1.807, 2.05) is 61.5 Å². The summed E-state index contributed by atoms with van der Waals surface area (Å²) in [6, 6.07) is 17.1. The molecule has 0 spiro atoms. The minimum Gasteiger partial charge on any atom is -0.497 e. The van der Waals surface area contributed by atoms with E-state index in [9.17, 15) is 4.79 Å². The summed E-state index contributed by atoms with van der Waals surface area (Å²) in [4.78, 5) is 14.3. The molecule has 0 bridgehead atoms. The van der Waals surface area contributed by atoms with Gasteiger partial charge in [-0.15, -0.1) is 12.4 Å². The SMILES string of the molecule is COc1ccc(CN(C)C(=O)C(C)C(N)c2ccccc2)cc1.Cl. The van der Waals surface area contributed by atoms with Crippen molar-refractivity contribution in [1.29, 1.82) is 0 Å². The van der Waals surface area contributed by atoms with Crippen molar-refractivity contribution in [3.05, 3.63) is 65.7 Å². The molecule has 0 aliphatic carbocycles. The summed E-state index contributed by atoms with van der Waals surface area (Å²) in [5.41, 5.74) is 8.28. The number of ether oxygens (including phenoxy) is 1. The van der Waals surface area contributed by atoms with Crippen molar-refractivity contribution in [2.24, 2.45) is 11.7 Å². The quantitative estimate of drug-likeness (QED) is 0.870. The molecule has 2 atom stereocenters. The van der Waals surface area contributed by atoms with Gasteiger partial charge in [-0.3, -0.25) is 4.79 Å². The van der Waals surface area contributed by atoms with Crippen LogP contribution >= 0.6 is 12.4 Å². The number of halogens is 1. The molecule has 2 aromatic carbocycles. The first kappa shape index (κ1) is 20.0. The van der Waals surface area contributed by atoms with E-state index < -0.39 is 0 Å². The van der Waals surface area contributed by atoms with Gasteiger partial charge in [0.1, 0.15) is 5.75 Å². The van der Waals surface area contributed by atoms with Crippen molar-refractivity contribution in [2.45, 2.75) is 19.5 Å². The molecule has 2 rings (SSSR count). The van der Waals surface area contributed by atoms with E-state index in [4.69, 9.17) is 10.5 Å². The van der Waals surface area contributed by atoms with Crippen LogP contribution in [0.25, 0.3) is 0 Å². The van der Waals surface area contributed by atoms with Gasteiger partial charge < -0.3 is 15.4 Å². The Balaban J connectivity index is 0.00000288. The molecule has 0 aliphatic heterocycles. The Labute approximate surface area is 150 Å². The lowest BCUT2D eigenvalue weighted by Gasteiger charge is -2.25. The highest BCUT2D eigenvalue weighted by Gasteiger charge is 2.24. The summed E-state index contributed by atoms with van der Waals surface area (Å²) in [5, 5.41) is 0. The second-order valence-electron chi connectivity index (χ2n) is 5.77. The molecule has 0 heterocycles. The number of nitrogens with two attached hydrogens (primary N) is 1. The zero-order valence-corrected chi connectivity index (χ0v) is 15.1. The Morgan fingerprint density at radius 2 is 1.71 bits per heavy atom. The first-order valence-electron chi connectivity index (χ1n) is 7.71. The zero-order valence-electron chi connectivity index (χ0n) is 14.3. The molecule has 4 nitrogen and oxygen atoms in total. The Morgan fingerprint density at radius 3 is 2.25 bits per heavy atom. The highest BCUT2D eigenvalue weighted by atomic mass is 35.5. The first-order valence-corrected chi connectivity index (χ1v) is 7.71. The average Bonchev–Trinajstić information content (AvgIpc) is 2.61. The standard InChI is InChI=1S/C19H24N2O2.ClH/c1-14(18(20)16-7-5-4-6-8-16)19(22)21(2)13-15-9-11-17(23-3)12-10-15;/h4-12,14,18H,13,20H2,1-3H3;1H. The van der Waals surface area contributed by atoms with Gasteiger partial charge in [0.15, 0.2) is 0 Å². The molecule has 130 valence electrons. The molecule has 5 heteroatoms. The third-order valence-corrected chi connectivity index (χ3v) is 4.07. The molecular weight excluding hydrogens is 324 g/mol. The van der Waals surface area contributed by atoms with Crippen LogP contribution in [-0.2, 0) is 11.3 Å². The van der Waals surface area contributed by atoms with Crippen molar-refractivity contribution in [2.75, 3.05) is 14.2 Å². The fourth-order valence-electron chi connectivity index (χ4n) is 2.55. The molecule has 0 aromatic heterocycles. The number of hydrogen-bond donors (Lipinski definition) is 1. The number of hydrogen-bond acceptors (Lipinski definition) is 3. The lowest BCUT2D eigenvalue weighted by molar-refractivity contribution is -0.134. The van der Waals surface area contributed by atoms with Gasteiger partial charge in [0.2, 0.25) is 5.91 Å². The molecule has 0 aliphatic rings. The predicted molar refractivity (Wildman–Crippen MR) is 99.3 cm³/mol. The van der Waals surface area contributed by atoms with E-state index in [-0.39, 0.29) is 30.3 Å². The molecule has 0 saturated heterocycles. The smallest absolute Gasteiger partial charge is 0.227 e. The van der Waals surface area contributed by atoms with Crippen LogP contribution in [0, 0.1) is 5.92 Å². The summed E-state index contributed by atoms with van der Waals surface area (Å²) < 4.78 is 5.14. The van der Waals surface area contributed by atoms with E-state index >= 15 is 0 Å². The maximum atomic E-state index is 12.6. The lowest BCUT2D eigenvalue weighted by Crippen LogP contribution is -2.36. The topological polar surface area (TPSA) is 55.6 Å². The van der Waals surface area contributed by atoms with Crippen LogP contribution in [0.2, 0.25) is 0 Å². The van der Waals surface area contributed by atoms with Crippen molar-refractivity contribution in [1.82, 2.24) is 4.90 Å². The lowest BCUT2D eigenvalue weighted by atomic mass is 9.94. The number of amides is 1. The van der Waals surface area contributed by atoms with Crippen LogP contribution in [0.15, 0.2) is 54.6 Å². The van der Waals surface area contributed by atoms with Crippen molar-refractivity contribution in [3.8, 4) is 5.75 Å². The van der Waals surface area contributed by atoms with Gasteiger partial charge in [-0.25, -0.2) is 0 Å². The van der Waals surface area contributed by atoms with Gasteiger partial charge in [0.05, 0.1) is 13.0 Å². The summed E-state index contributed by atoms with van der Waals surface area (Å²) in [6.07, 6.45) is 0. The van der Waals surface area contributed by atoms with E-state index in [1.54, 1.807) is 19.1 Å². The monoisotopic (exact) mass is 348 g/mol. The molecule has 2 aromatic rings. The van der Waals surface area contributed by atoms with Gasteiger partial charge in [0, 0.05) is 19.6 Å². The minimum absolute atomic E-state index is 0. The number of nitrogens with zero attached hydrogens (tertiary/aromatic N) is 1. The average molecular weight is 349 g/mol. The van der Waals surface area contributed by atoms with E-state index in [1.165, 1.54) is 0 Å². The number of carbonyl (C=O) groups is 1. The van der Waals surface area contributed by atoms with Crippen LogP contribution in [0.5, 0.6) is 5.75 Å². The van der Waals surface area contributed by atoms with E-state index in [0.717, 1.165) is 16.9 Å². The second kappa shape index (κ2) is 9.30. The number of methoxy groups -OCH3 is 1. The third-order valence-electron chi connectivity index (χ3n) is 4.07. The normalized spacial score (nSPS) is 12.7. The maximum Gasteiger partial charge on any atom is 0.227 e. The Hall–Kier alpha value is -2.04. The van der Waals surface area contributed by atoms with Crippen molar-refractivity contribution >= 4 is 18.3 Å². The van der Waals surface area contributed by atoms with Gasteiger partial charge in [-0.05, 0) is 23.3 Å². The van der Waals surface area contributed by atoms with Crippen LogP contribution in [0.4, 0.5) is 0 Å². The second-order valence-corrected chi connectivity index (χ2v) is 5.77. The number of carbonyl (C=O) groups excluding carboxylic acids is 1. The summed E-state index contributed by atoms with van der Waals surface area (Å²) in [5.74, 6) is 0.569. The molecule has 2 N–H and O–H groups in total. The summed E-state index contributed by atoms with van der Waals surface area (Å²) in [7, 11) is 3.44. The highest BCUT2D eigenvalue weighted by Crippen LogP contribution is 2.21. The Kier molecular flexibility index (Phi) is 7.75. The zero-order chi connectivity index (χ0) is 16.8. The van der Waals surface area contributed by atoms with Crippen LogP contribution in [0.1, 0.15) is 24.1 Å². The molecular formula is C19H25ClN2O2. The van der Waals surface area contributed by atoms with Gasteiger partial charge >= 0.3 is 0 Å². The van der Waals surface area contributed by atoms with Crippen LogP contribution in [0.3, 0.4) is 0 Å². The number of benzene rings is 2. The molecule has 0 fully saturated rings. The molecule has 2 unspecified atom stereocenters. The van der Waals surface area contributed by atoms with Crippen molar-refractivity contribution in [3.63, 3.8) is 0 Å². The molecule has 24 heavy (non-hydrogen) atoms. The minimum atomic E-state index is -0.304. The first-order chi connectivity index (χ1) is 11.0. The maximum absolute atomic E-state index is 12.6. The summed E-state index contributed by atoms with van der Waals surface area (Å²) >= 11 is 0. The van der Waals surface area contributed by atoms with E-state index in [0.29, 0.717) is 6.54 Å². The number of rotatable bonds is 6. The van der Waals surface area contributed by atoms with Crippen LogP contribution in [-0.4, -0.2) is 25.0 Å². The van der Waals surface area contributed by atoms with E-state index in [2.05, 4.69) is 0 Å². The van der Waals surface area contributed by atoms with Gasteiger partial charge in [-0.2, -0.15) is 0 Å². The highest BCUT2D eigenvalue weighted by molar-refractivity contribution is 5.85. The summed E-state index contributed by atoms with van der Waals surface area (Å²) in [6.45, 7) is 2.43. The predicted octanol–water partition coefficient (Wildman–Crippen LogP) is 3.41. The van der Waals surface area contributed by atoms with Crippen molar-refractivity contribution < 1.29 is 9.53 Å².